The average Bonchev–Trinajstić information content (AvgIpc) is 3.12. The number of aliphatic imine (C=N–C) groups is 1. The van der Waals surface area contributed by atoms with Gasteiger partial charge < -0.3 is 4.42 Å². The Bertz CT molecular complexity index is 1050. The van der Waals surface area contributed by atoms with Crippen LogP contribution in [-0.4, -0.2) is 11.2 Å². The molecular weight excluding hydrogens is 334 g/mol. The molecule has 2 heterocycles. The lowest BCUT2D eigenvalue weighted by molar-refractivity contribution is 0.599. The number of nitriles is 1. The van der Waals surface area contributed by atoms with E-state index in [-0.39, 0.29) is 0 Å². The molecule has 0 fully saturated rings. The molecule has 132 valence electrons. The molecule has 0 radical (unpaired) electrons. The third kappa shape index (κ3) is 4.56. The highest BCUT2D eigenvalue weighted by atomic mass is 16.3. The lowest BCUT2D eigenvalue weighted by Crippen LogP contribution is -1.85. The summed E-state index contributed by atoms with van der Waals surface area (Å²) in [4.78, 5) is 8.48. The minimum atomic E-state index is 0.460. The molecule has 2 aromatic heterocycles. The van der Waals surface area contributed by atoms with Gasteiger partial charge in [0.05, 0.1) is 11.6 Å². The Morgan fingerprint density at radius 1 is 1.15 bits per heavy atom. The first-order valence-corrected chi connectivity index (χ1v) is 8.11. The van der Waals surface area contributed by atoms with Gasteiger partial charge in [-0.15, -0.1) is 0 Å². The number of allylic oxidation sites excluding steroid dienone is 9. The fourth-order valence-corrected chi connectivity index (χ4v) is 2.37. The van der Waals surface area contributed by atoms with E-state index < -0.39 is 0 Å². The molecule has 2 rings (SSSR count). The molecule has 27 heavy (non-hydrogen) atoms. The van der Waals surface area contributed by atoms with Crippen molar-refractivity contribution in [1.29, 1.82) is 5.26 Å². The number of fused-ring (bicyclic) bond motifs is 1. The lowest BCUT2D eigenvalue weighted by atomic mass is 10.0. The minimum absolute atomic E-state index is 0.460. The summed E-state index contributed by atoms with van der Waals surface area (Å²) >= 11 is 0. The Labute approximate surface area is 158 Å². The van der Waals surface area contributed by atoms with Crippen LogP contribution in [0.25, 0.3) is 22.2 Å². The molecule has 0 saturated heterocycles. The third-order valence-electron chi connectivity index (χ3n) is 3.59. The summed E-state index contributed by atoms with van der Waals surface area (Å²) in [5, 5.41) is 9.25. The van der Waals surface area contributed by atoms with Crippen molar-refractivity contribution in [2.45, 2.75) is 0 Å². The third-order valence-corrected chi connectivity index (χ3v) is 3.59. The zero-order chi connectivity index (χ0) is 19.6. The molecule has 0 N–H and O–H groups in total. The highest BCUT2D eigenvalue weighted by Crippen LogP contribution is 2.31. The quantitative estimate of drug-likeness (QED) is 0.341. The van der Waals surface area contributed by atoms with Crippen LogP contribution < -0.4 is 0 Å². The predicted octanol–water partition coefficient (Wildman–Crippen LogP) is 5.82. The second-order valence-electron chi connectivity index (χ2n) is 5.28. The Morgan fingerprint density at radius 3 is 2.56 bits per heavy atom. The van der Waals surface area contributed by atoms with Crippen molar-refractivity contribution in [3.8, 4) is 6.07 Å². The maximum absolute atomic E-state index is 9.25. The summed E-state index contributed by atoms with van der Waals surface area (Å²) in [6, 6.07) is 5.76. The van der Waals surface area contributed by atoms with Crippen LogP contribution in [0.2, 0.25) is 0 Å². The van der Waals surface area contributed by atoms with Crippen molar-refractivity contribution in [2.24, 2.45) is 4.99 Å². The number of aromatic nitrogens is 1. The SMILES string of the molecule is C=C/C=N\C=C(/C=C)c1cc2nccc(/C(C=C)=C/C(C#N)=C\C=C)c2o1. The molecular formula is C23H19N3O. The average molecular weight is 353 g/mol. The van der Waals surface area contributed by atoms with Crippen LogP contribution in [0, 0.1) is 11.3 Å². The number of hydrogen-bond acceptors (Lipinski definition) is 4. The molecule has 2 aromatic rings. The summed E-state index contributed by atoms with van der Waals surface area (Å²) in [5.74, 6) is 0.590. The van der Waals surface area contributed by atoms with Gasteiger partial charge >= 0.3 is 0 Å². The van der Waals surface area contributed by atoms with Crippen LogP contribution in [0.4, 0.5) is 0 Å². The zero-order valence-corrected chi connectivity index (χ0v) is 14.9. The van der Waals surface area contributed by atoms with Crippen molar-refractivity contribution in [3.05, 3.63) is 104 Å². The van der Waals surface area contributed by atoms with Gasteiger partial charge in [0.1, 0.15) is 11.3 Å². The molecule has 0 saturated carbocycles. The zero-order valence-electron chi connectivity index (χ0n) is 14.9. The lowest BCUT2D eigenvalue weighted by Gasteiger charge is -2.03. The smallest absolute Gasteiger partial charge is 0.161 e. The van der Waals surface area contributed by atoms with E-state index in [1.54, 1.807) is 55.1 Å². The summed E-state index contributed by atoms with van der Waals surface area (Å²) in [7, 11) is 0. The molecule has 0 atom stereocenters. The molecule has 0 aromatic carbocycles. The first kappa shape index (κ1) is 19.4. The van der Waals surface area contributed by atoms with Crippen molar-refractivity contribution in [2.75, 3.05) is 0 Å². The predicted molar refractivity (Wildman–Crippen MR) is 113 cm³/mol. The molecule has 0 aliphatic carbocycles. The van der Waals surface area contributed by atoms with Gasteiger partial charge in [0.15, 0.2) is 5.58 Å². The van der Waals surface area contributed by atoms with Crippen LogP contribution in [0.1, 0.15) is 11.3 Å². The van der Waals surface area contributed by atoms with Crippen LogP contribution in [0.5, 0.6) is 0 Å². The first-order valence-electron chi connectivity index (χ1n) is 8.11. The fraction of sp³-hybridized carbons (Fsp3) is 0. The van der Waals surface area contributed by atoms with E-state index in [9.17, 15) is 5.26 Å². The van der Waals surface area contributed by atoms with Crippen molar-refractivity contribution in [1.82, 2.24) is 4.98 Å². The van der Waals surface area contributed by atoms with E-state index in [0.717, 1.165) is 11.1 Å². The van der Waals surface area contributed by atoms with E-state index in [1.165, 1.54) is 0 Å². The summed E-state index contributed by atoms with van der Waals surface area (Å²) < 4.78 is 6.03. The monoisotopic (exact) mass is 353 g/mol. The standard InChI is InChI=1S/C23H19N3O/c1-5-9-17(15-24)13-18(7-3)20-10-12-26-21-14-22(27-23(20)21)19(8-4)16-25-11-6-2/h5-14,16H,1-4H2/b17-9+,18-13+,19-16+,25-11-. The number of furan rings is 1. The van der Waals surface area contributed by atoms with E-state index in [1.807, 2.05) is 12.1 Å². The number of hydrogen-bond donors (Lipinski definition) is 0. The second-order valence-corrected chi connectivity index (χ2v) is 5.28. The molecule has 0 spiro atoms. The van der Waals surface area contributed by atoms with Crippen molar-refractivity contribution < 1.29 is 4.42 Å². The summed E-state index contributed by atoms with van der Waals surface area (Å²) in [6.45, 7) is 14.9. The molecule has 4 heteroatoms. The van der Waals surface area contributed by atoms with E-state index in [2.05, 4.69) is 42.4 Å². The van der Waals surface area contributed by atoms with Gasteiger partial charge in [0.2, 0.25) is 0 Å². The molecule has 0 unspecified atom stereocenters. The van der Waals surface area contributed by atoms with Gasteiger partial charge in [-0.2, -0.15) is 5.26 Å². The molecule has 0 amide bonds. The maximum atomic E-state index is 9.25. The largest absolute Gasteiger partial charge is 0.454 e. The molecule has 4 nitrogen and oxygen atoms in total. The number of pyridine rings is 1. The maximum Gasteiger partial charge on any atom is 0.161 e. The minimum Gasteiger partial charge on any atom is -0.454 e. The Kier molecular flexibility index (Phi) is 6.81. The van der Waals surface area contributed by atoms with Crippen LogP contribution in [0.15, 0.2) is 102 Å². The number of rotatable bonds is 8. The first-order chi connectivity index (χ1) is 13.2. The van der Waals surface area contributed by atoms with Crippen LogP contribution in [0.3, 0.4) is 0 Å². The highest BCUT2D eigenvalue weighted by molar-refractivity contribution is 5.93. The fourth-order valence-electron chi connectivity index (χ4n) is 2.37. The van der Waals surface area contributed by atoms with Gasteiger partial charge in [-0.25, -0.2) is 0 Å². The van der Waals surface area contributed by atoms with E-state index in [0.29, 0.717) is 28.0 Å². The van der Waals surface area contributed by atoms with Gasteiger partial charge in [-0.05, 0) is 23.8 Å². The Hall–Kier alpha value is -3.97. The second kappa shape index (κ2) is 9.50. The van der Waals surface area contributed by atoms with E-state index in [4.69, 9.17) is 4.42 Å². The Balaban J connectivity index is 2.63. The van der Waals surface area contributed by atoms with Gasteiger partial charge in [-0.3, -0.25) is 9.98 Å². The summed E-state index contributed by atoms with van der Waals surface area (Å²) in [6.07, 6.45) is 14.7. The van der Waals surface area contributed by atoms with Crippen molar-refractivity contribution >= 4 is 28.5 Å². The summed E-state index contributed by atoms with van der Waals surface area (Å²) in [5.41, 5.74) is 3.97. The topological polar surface area (TPSA) is 62.2 Å². The Morgan fingerprint density at radius 2 is 1.93 bits per heavy atom. The number of nitrogens with zero attached hydrogens (tertiary/aromatic N) is 3. The van der Waals surface area contributed by atoms with Gasteiger partial charge in [0.25, 0.3) is 0 Å². The molecule has 0 bridgehead atoms. The van der Waals surface area contributed by atoms with Gasteiger partial charge in [0, 0.05) is 35.8 Å². The normalized spacial score (nSPS) is 12.8. The van der Waals surface area contributed by atoms with Gasteiger partial charge in [-0.1, -0.05) is 50.6 Å². The van der Waals surface area contributed by atoms with E-state index >= 15 is 0 Å². The highest BCUT2D eigenvalue weighted by Gasteiger charge is 2.13. The molecule has 0 aliphatic rings. The molecule has 0 aliphatic heterocycles. The van der Waals surface area contributed by atoms with Crippen LogP contribution >= 0.6 is 0 Å². The van der Waals surface area contributed by atoms with Crippen molar-refractivity contribution in [3.63, 3.8) is 0 Å². The van der Waals surface area contributed by atoms with Crippen LogP contribution in [-0.2, 0) is 0 Å².